The number of nitrogens with one attached hydrogen (secondary N) is 1. The van der Waals surface area contributed by atoms with Gasteiger partial charge in [-0.25, -0.2) is 0 Å². The van der Waals surface area contributed by atoms with E-state index in [1.54, 1.807) is 19.1 Å². The number of hydrogen-bond donors (Lipinski definition) is 2. The normalized spacial score (nSPS) is 22.1. The number of nitro benzene ring substituents is 1. The van der Waals surface area contributed by atoms with Crippen LogP contribution in [0.15, 0.2) is 18.2 Å². The molecule has 2 rings (SSSR count). The quantitative estimate of drug-likeness (QED) is 0.635. The van der Waals surface area contributed by atoms with E-state index in [9.17, 15) is 20.0 Å². The first-order valence-electron chi connectivity index (χ1n) is 8.27. The van der Waals surface area contributed by atoms with Gasteiger partial charge in [0, 0.05) is 31.3 Å². The zero-order valence-electron chi connectivity index (χ0n) is 14.4. The molecule has 0 unspecified atom stereocenters. The monoisotopic (exact) mass is 335 g/mol. The molecule has 2 N–H and O–H groups in total. The molecule has 1 saturated heterocycles. The molecule has 24 heavy (non-hydrogen) atoms. The van der Waals surface area contributed by atoms with Gasteiger partial charge < -0.3 is 15.3 Å². The number of aliphatic hydroxyl groups is 1. The van der Waals surface area contributed by atoms with Crippen LogP contribution in [-0.4, -0.2) is 41.7 Å². The molecule has 7 nitrogen and oxygen atoms in total. The van der Waals surface area contributed by atoms with Crippen molar-refractivity contribution in [2.45, 2.75) is 33.3 Å². The number of aliphatic hydroxyl groups excluding tert-OH is 1. The lowest BCUT2D eigenvalue weighted by atomic mass is 9.91. The van der Waals surface area contributed by atoms with E-state index in [2.05, 4.69) is 19.2 Å². The van der Waals surface area contributed by atoms with E-state index >= 15 is 0 Å². The Morgan fingerprint density at radius 1 is 1.42 bits per heavy atom. The fourth-order valence-electron chi connectivity index (χ4n) is 3.28. The smallest absolute Gasteiger partial charge is 0.293 e. The van der Waals surface area contributed by atoms with Crippen LogP contribution in [-0.2, 0) is 0 Å². The Morgan fingerprint density at radius 2 is 2.04 bits per heavy atom. The molecule has 1 aromatic rings. The van der Waals surface area contributed by atoms with Gasteiger partial charge in [0.15, 0.2) is 0 Å². The highest BCUT2D eigenvalue weighted by Crippen LogP contribution is 2.33. The van der Waals surface area contributed by atoms with E-state index in [1.165, 1.54) is 6.07 Å². The van der Waals surface area contributed by atoms with Crippen molar-refractivity contribution < 1.29 is 14.8 Å². The van der Waals surface area contributed by atoms with Crippen LogP contribution in [0.3, 0.4) is 0 Å². The van der Waals surface area contributed by atoms with E-state index in [0.717, 1.165) is 19.5 Å². The zero-order chi connectivity index (χ0) is 17.9. The van der Waals surface area contributed by atoms with Crippen molar-refractivity contribution in [3.63, 3.8) is 0 Å². The van der Waals surface area contributed by atoms with Crippen molar-refractivity contribution in [1.29, 1.82) is 0 Å². The summed E-state index contributed by atoms with van der Waals surface area (Å²) in [6.07, 6.45) is 0.448. The Kier molecular flexibility index (Phi) is 5.77. The Hall–Kier alpha value is -2.15. The average molecular weight is 335 g/mol. The Labute approximate surface area is 141 Å². The third kappa shape index (κ3) is 4.44. The molecule has 1 aliphatic heterocycles. The SMILES string of the molecule is C[C@H]1C[C@H](C)CN(c2ccc(C(=O)NC[C@H](C)O)cc2[N+](=O)[O-])C1. The molecule has 0 aromatic heterocycles. The highest BCUT2D eigenvalue weighted by atomic mass is 16.6. The average Bonchev–Trinajstić information content (AvgIpc) is 2.50. The van der Waals surface area contributed by atoms with E-state index < -0.39 is 16.9 Å². The second-order valence-corrected chi connectivity index (χ2v) is 6.87. The molecular formula is C17H25N3O4. The summed E-state index contributed by atoms with van der Waals surface area (Å²) in [6.45, 7) is 7.51. The molecule has 1 fully saturated rings. The van der Waals surface area contributed by atoms with Crippen LogP contribution in [0, 0.1) is 22.0 Å². The van der Waals surface area contributed by atoms with Crippen LogP contribution >= 0.6 is 0 Å². The maximum Gasteiger partial charge on any atom is 0.293 e. The number of carbonyl (C=O) groups excluding carboxylic acids is 1. The zero-order valence-corrected chi connectivity index (χ0v) is 14.4. The summed E-state index contributed by atoms with van der Waals surface area (Å²) in [4.78, 5) is 25.1. The fourth-order valence-corrected chi connectivity index (χ4v) is 3.28. The van der Waals surface area contributed by atoms with Gasteiger partial charge in [0.05, 0.1) is 11.0 Å². The number of nitrogens with zero attached hydrogens (tertiary/aromatic N) is 2. The highest BCUT2D eigenvalue weighted by molar-refractivity contribution is 5.95. The van der Waals surface area contributed by atoms with E-state index in [1.807, 2.05) is 4.90 Å². The van der Waals surface area contributed by atoms with Crippen LogP contribution in [0.2, 0.25) is 0 Å². The first kappa shape index (κ1) is 18.2. The van der Waals surface area contributed by atoms with Gasteiger partial charge in [-0.15, -0.1) is 0 Å². The minimum Gasteiger partial charge on any atom is -0.392 e. The Morgan fingerprint density at radius 3 is 2.58 bits per heavy atom. The minimum absolute atomic E-state index is 0.0546. The summed E-state index contributed by atoms with van der Waals surface area (Å²) in [5.41, 5.74) is 0.732. The standard InChI is InChI=1S/C17H25N3O4/c1-11-6-12(2)10-19(9-11)15-5-4-14(7-16(15)20(23)24)17(22)18-8-13(3)21/h4-5,7,11-13,21H,6,8-10H2,1-3H3,(H,18,22)/t11-,12-,13-/m0/s1. The fraction of sp³-hybridized carbons (Fsp3) is 0.588. The van der Waals surface area contributed by atoms with Crippen molar-refractivity contribution in [3.8, 4) is 0 Å². The number of anilines is 1. The summed E-state index contributed by atoms with van der Waals surface area (Å²) < 4.78 is 0. The molecule has 7 heteroatoms. The molecule has 0 radical (unpaired) electrons. The van der Waals surface area contributed by atoms with Crippen molar-refractivity contribution in [2.24, 2.45) is 11.8 Å². The van der Waals surface area contributed by atoms with Crippen LogP contribution < -0.4 is 10.2 Å². The van der Waals surface area contributed by atoms with E-state index in [-0.39, 0.29) is 17.8 Å². The van der Waals surface area contributed by atoms with Crippen molar-refractivity contribution in [1.82, 2.24) is 5.32 Å². The molecule has 1 aliphatic rings. The molecule has 0 bridgehead atoms. The minimum atomic E-state index is -0.667. The summed E-state index contributed by atoms with van der Waals surface area (Å²) in [5.74, 6) is 0.524. The summed E-state index contributed by atoms with van der Waals surface area (Å²) in [6, 6.07) is 4.57. The molecule has 0 saturated carbocycles. The summed E-state index contributed by atoms with van der Waals surface area (Å²) in [7, 11) is 0. The first-order valence-corrected chi connectivity index (χ1v) is 8.27. The lowest BCUT2D eigenvalue weighted by Crippen LogP contribution is -2.39. The van der Waals surface area contributed by atoms with Gasteiger partial charge in [0.2, 0.25) is 0 Å². The van der Waals surface area contributed by atoms with Gasteiger partial charge >= 0.3 is 0 Å². The second kappa shape index (κ2) is 7.61. The van der Waals surface area contributed by atoms with Crippen LogP contribution in [0.1, 0.15) is 37.6 Å². The maximum absolute atomic E-state index is 12.1. The van der Waals surface area contributed by atoms with Crippen LogP contribution in [0.25, 0.3) is 0 Å². The molecule has 1 aromatic carbocycles. The largest absolute Gasteiger partial charge is 0.392 e. The topological polar surface area (TPSA) is 95.7 Å². The lowest BCUT2D eigenvalue weighted by Gasteiger charge is -2.36. The predicted octanol–water partition coefficient (Wildman–Crippen LogP) is 2.19. The van der Waals surface area contributed by atoms with Gasteiger partial charge in [-0.05, 0) is 37.3 Å². The van der Waals surface area contributed by atoms with Gasteiger partial charge in [0.1, 0.15) is 5.69 Å². The molecule has 132 valence electrons. The first-order chi connectivity index (χ1) is 11.3. The molecule has 1 heterocycles. The molecular weight excluding hydrogens is 310 g/mol. The Balaban J connectivity index is 2.27. The highest BCUT2D eigenvalue weighted by Gasteiger charge is 2.27. The molecule has 3 atom stereocenters. The number of carbonyl (C=O) groups is 1. The van der Waals surface area contributed by atoms with Crippen LogP contribution in [0.4, 0.5) is 11.4 Å². The summed E-state index contributed by atoms with van der Waals surface area (Å²) in [5, 5.41) is 23.3. The second-order valence-electron chi connectivity index (χ2n) is 6.87. The molecule has 0 spiro atoms. The van der Waals surface area contributed by atoms with Gasteiger partial charge in [-0.1, -0.05) is 13.8 Å². The number of piperidine rings is 1. The van der Waals surface area contributed by atoms with Gasteiger partial charge in [0.25, 0.3) is 11.6 Å². The predicted molar refractivity (Wildman–Crippen MR) is 92.3 cm³/mol. The van der Waals surface area contributed by atoms with Crippen molar-refractivity contribution >= 4 is 17.3 Å². The Bertz CT molecular complexity index is 608. The molecule has 1 amide bonds. The summed E-state index contributed by atoms with van der Waals surface area (Å²) >= 11 is 0. The van der Waals surface area contributed by atoms with Crippen LogP contribution in [0.5, 0.6) is 0 Å². The van der Waals surface area contributed by atoms with E-state index in [0.29, 0.717) is 17.5 Å². The van der Waals surface area contributed by atoms with E-state index in [4.69, 9.17) is 0 Å². The lowest BCUT2D eigenvalue weighted by molar-refractivity contribution is -0.384. The number of benzene rings is 1. The van der Waals surface area contributed by atoms with Crippen molar-refractivity contribution in [3.05, 3.63) is 33.9 Å². The van der Waals surface area contributed by atoms with Gasteiger partial charge in [-0.2, -0.15) is 0 Å². The third-order valence-electron chi connectivity index (χ3n) is 4.20. The maximum atomic E-state index is 12.1. The van der Waals surface area contributed by atoms with Gasteiger partial charge in [-0.3, -0.25) is 14.9 Å². The number of nitro groups is 1. The van der Waals surface area contributed by atoms with Crippen molar-refractivity contribution in [2.75, 3.05) is 24.5 Å². The number of amides is 1. The molecule has 0 aliphatic carbocycles. The number of hydrogen-bond acceptors (Lipinski definition) is 5. The number of rotatable bonds is 5. The third-order valence-corrected chi connectivity index (χ3v) is 4.20.